The molecule has 2 atom stereocenters. The van der Waals surface area contributed by atoms with E-state index in [1.807, 2.05) is 23.5 Å². The Kier molecular flexibility index (Phi) is 8.85. The highest BCUT2D eigenvalue weighted by atomic mass is 35.5. The van der Waals surface area contributed by atoms with E-state index in [0.29, 0.717) is 13.2 Å². The lowest BCUT2D eigenvalue weighted by molar-refractivity contribution is 0.0617. The van der Waals surface area contributed by atoms with Crippen molar-refractivity contribution in [1.82, 2.24) is 4.90 Å². The molecule has 5 rings (SSSR count). The molecule has 0 spiro atoms. The highest BCUT2D eigenvalue weighted by Gasteiger charge is 2.21. The zero-order valence-electron chi connectivity index (χ0n) is 20.2. The molecule has 5 heteroatoms. The molecule has 2 heterocycles. The van der Waals surface area contributed by atoms with Crippen LogP contribution in [0, 0.1) is 6.92 Å². The fourth-order valence-electron chi connectivity index (χ4n) is 5.05. The average molecular weight is 508 g/mol. The summed E-state index contributed by atoms with van der Waals surface area (Å²) in [6.07, 6.45) is 3.31. The van der Waals surface area contributed by atoms with Gasteiger partial charge in [-0.3, -0.25) is 0 Å². The van der Waals surface area contributed by atoms with Crippen LogP contribution in [0.4, 0.5) is 0 Å². The second kappa shape index (κ2) is 12.0. The van der Waals surface area contributed by atoms with Gasteiger partial charge in [0.25, 0.3) is 0 Å². The molecule has 3 nitrogen and oxygen atoms in total. The van der Waals surface area contributed by atoms with E-state index in [1.165, 1.54) is 51.6 Å². The number of aryl methyl sites for hydroxylation is 1. The number of nitrogens with zero attached hydrogens (tertiary/aromatic N) is 1. The van der Waals surface area contributed by atoms with Crippen molar-refractivity contribution in [3.8, 4) is 5.75 Å². The number of halogens is 1. The van der Waals surface area contributed by atoms with Gasteiger partial charge in [0.2, 0.25) is 0 Å². The lowest BCUT2D eigenvalue weighted by Crippen LogP contribution is -2.38. The van der Waals surface area contributed by atoms with Gasteiger partial charge in [0.1, 0.15) is 18.5 Å². The van der Waals surface area contributed by atoms with E-state index in [9.17, 15) is 5.11 Å². The first-order valence-electron chi connectivity index (χ1n) is 12.3. The molecule has 184 valence electrons. The third-order valence-electron chi connectivity index (χ3n) is 6.74. The summed E-state index contributed by atoms with van der Waals surface area (Å²) in [7, 11) is 0. The van der Waals surface area contributed by atoms with Crippen LogP contribution in [0.15, 0.2) is 78.2 Å². The summed E-state index contributed by atoms with van der Waals surface area (Å²) in [6.45, 7) is 5.35. The fraction of sp³-hybridized carbons (Fsp3) is 0.333. The first-order chi connectivity index (χ1) is 16.7. The molecule has 1 saturated heterocycles. The molecule has 0 aliphatic carbocycles. The van der Waals surface area contributed by atoms with Gasteiger partial charge in [-0.1, -0.05) is 61.0 Å². The van der Waals surface area contributed by atoms with Crippen LogP contribution in [0.1, 0.15) is 46.7 Å². The minimum absolute atomic E-state index is 0. The molecular formula is C30H34ClNO2S. The molecular weight excluding hydrogens is 474 g/mol. The largest absolute Gasteiger partial charge is 0.491 e. The monoisotopic (exact) mass is 507 g/mol. The molecule has 1 aromatic heterocycles. The van der Waals surface area contributed by atoms with E-state index in [4.69, 9.17) is 4.74 Å². The molecule has 3 aromatic carbocycles. The SMILES string of the molecule is Cc1csc(C(c2ccc(OCC(O)CN3CCCCC3)cc2)c2cccc3ccccc23)c1.Cl. The highest BCUT2D eigenvalue weighted by Crippen LogP contribution is 2.39. The molecule has 35 heavy (non-hydrogen) atoms. The molecule has 1 fully saturated rings. The molecule has 1 aliphatic rings. The minimum Gasteiger partial charge on any atom is -0.491 e. The number of aliphatic hydroxyl groups excluding tert-OH is 1. The number of hydrogen-bond acceptors (Lipinski definition) is 4. The molecule has 0 amide bonds. The van der Waals surface area contributed by atoms with Gasteiger partial charge in [0, 0.05) is 17.3 Å². The van der Waals surface area contributed by atoms with E-state index < -0.39 is 6.10 Å². The van der Waals surface area contributed by atoms with Crippen molar-refractivity contribution in [2.45, 2.75) is 38.2 Å². The number of ether oxygens (including phenoxy) is 1. The molecule has 0 bridgehead atoms. The summed E-state index contributed by atoms with van der Waals surface area (Å²) in [5, 5.41) is 15.2. The fourth-order valence-corrected chi connectivity index (χ4v) is 6.09. The maximum atomic E-state index is 10.4. The topological polar surface area (TPSA) is 32.7 Å². The zero-order valence-corrected chi connectivity index (χ0v) is 21.9. The molecule has 1 aliphatic heterocycles. The lowest BCUT2D eigenvalue weighted by Gasteiger charge is -2.28. The van der Waals surface area contributed by atoms with Gasteiger partial charge in [0.05, 0.1) is 0 Å². The Morgan fingerprint density at radius 1 is 0.943 bits per heavy atom. The smallest absolute Gasteiger partial charge is 0.119 e. The van der Waals surface area contributed by atoms with Crippen molar-refractivity contribution in [2.75, 3.05) is 26.2 Å². The maximum Gasteiger partial charge on any atom is 0.119 e. The summed E-state index contributed by atoms with van der Waals surface area (Å²) in [6, 6.07) is 26.0. The van der Waals surface area contributed by atoms with Crippen molar-refractivity contribution in [3.05, 3.63) is 99.7 Å². The molecule has 0 radical (unpaired) electrons. The number of benzene rings is 3. The van der Waals surface area contributed by atoms with Gasteiger partial charge in [-0.2, -0.15) is 0 Å². The third kappa shape index (κ3) is 6.25. The number of likely N-dealkylation sites (tertiary alicyclic amines) is 1. The highest BCUT2D eigenvalue weighted by molar-refractivity contribution is 7.10. The van der Waals surface area contributed by atoms with Gasteiger partial charge < -0.3 is 14.7 Å². The van der Waals surface area contributed by atoms with E-state index in [2.05, 4.69) is 77.9 Å². The Morgan fingerprint density at radius 3 is 2.43 bits per heavy atom. The third-order valence-corrected chi connectivity index (χ3v) is 7.86. The zero-order chi connectivity index (χ0) is 23.3. The van der Waals surface area contributed by atoms with Gasteiger partial charge in [0.15, 0.2) is 0 Å². The molecule has 0 saturated carbocycles. The number of thiophene rings is 1. The van der Waals surface area contributed by atoms with Crippen LogP contribution < -0.4 is 4.74 Å². The maximum absolute atomic E-state index is 10.4. The van der Waals surface area contributed by atoms with E-state index >= 15 is 0 Å². The predicted octanol–water partition coefficient (Wildman–Crippen LogP) is 7.04. The number of hydrogen-bond donors (Lipinski definition) is 1. The van der Waals surface area contributed by atoms with Crippen LogP contribution >= 0.6 is 23.7 Å². The second-order valence-electron chi connectivity index (χ2n) is 9.42. The number of fused-ring (bicyclic) bond motifs is 1. The standard InChI is InChI=1S/C30H33NO2S.ClH/c1-22-18-29(34-21-22)30(28-11-7-9-23-8-3-4-10-27(23)28)24-12-14-26(15-13-24)33-20-25(32)19-31-16-5-2-6-17-31;/h3-4,7-15,18,21,25,30,32H,2,5-6,16-17,19-20H2,1H3;1H. The van der Waals surface area contributed by atoms with E-state index in [0.717, 1.165) is 18.8 Å². The summed E-state index contributed by atoms with van der Waals surface area (Å²) in [5.74, 6) is 0.976. The van der Waals surface area contributed by atoms with E-state index in [1.54, 1.807) is 0 Å². The Labute approximate surface area is 218 Å². The van der Waals surface area contributed by atoms with Crippen LogP contribution in [-0.4, -0.2) is 42.4 Å². The quantitative estimate of drug-likeness (QED) is 0.277. The normalized spacial score (nSPS) is 15.9. The van der Waals surface area contributed by atoms with Crippen molar-refractivity contribution < 1.29 is 9.84 Å². The summed E-state index contributed by atoms with van der Waals surface area (Å²) in [5.41, 5.74) is 3.87. The van der Waals surface area contributed by atoms with Crippen LogP contribution in [0.2, 0.25) is 0 Å². The van der Waals surface area contributed by atoms with Gasteiger partial charge >= 0.3 is 0 Å². The molecule has 2 unspecified atom stereocenters. The van der Waals surface area contributed by atoms with Crippen LogP contribution in [0.25, 0.3) is 10.8 Å². The Hall–Kier alpha value is -2.37. The van der Waals surface area contributed by atoms with Gasteiger partial charge in [-0.25, -0.2) is 0 Å². The summed E-state index contributed by atoms with van der Waals surface area (Å²) < 4.78 is 5.96. The summed E-state index contributed by atoms with van der Waals surface area (Å²) >= 11 is 1.82. The van der Waals surface area contributed by atoms with Crippen molar-refractivity contribution >= 4 is 34.5 Å². The van der Waals surface area contributed by atoms with Crippen molar-refractivity contribution in [1.29, 1.82) is 0 Å². The predicted molar refractivity (Wildman–Crippen MR) is 149 cm³/mol. The van der Waals surface area contributed by atoms with Crippen molar-refractivity contribution in [2.24, 2.45) is 0 Å². The van der Waals surface area contributed by atoms with E-state index in [-0.39, 0.29) is 18.3 Å². The summed E-state index contributed by atoms with van der Waals surface area (Å²) in [4.78, 5) is 3.69. The molecule has 1 N–H and O–H groups in total. The number of β-amino-alcohol motifs (C(OH)–C–C–N with tert-alkyl or cyclic N) is 1. The van der Waals surface area contributed by atoms with Crippen LogP contribution in [-0.2, 0) is 0 Å². The lowest BCUT2D eigenvalue weighted by atomic mass is 9.86. The number of piperidine rings is 1. The van der Waals surface area contributed by atoms with Crippen LogP contribution in [0.3, 0.4) is 0 Å². The van der Waals surface area contributed by atoms with Gasteiger partial charge in [-0.05, 0) is 83.9 Å². The van der Waals surface area contributed by atoms with Crippen LogP contribution in [0.5, 0.6) is 5.75 Å². The Balaban J connectivity index is 0.00000289. The molecule has 4 aromatic rings. The minimum atomic E-state index is -0.463. The van der Waals surface area contributed by atoms with Gasteiger partial charge in [-0.15, -0.1) is 23.7 Å². The van der Waals surface area contributed by atoms with Crippen molar-refractivity contribution in [3.63, 3.8) is 0 Å². The number of aliphatic hydroxyl groups is 1. The second-order valence-corrected chi connectivity index (χ2v) is 10.4. The average Bonchev–Trinajstić information content (AvgIpc) is 3.30. The first-order valence-corrected chi connectivity index (χ1v) is 13.2. The Morgan fingerprint density at radius 2 is 1.69 bits per heavy atom. The first kappa shape index (κ1) is 25.7. The Bertz CT molecular complexity index is 1210. The number of rotatable bonds is 8.